The molecule has 9 heteroatoms. The summed E-state index contributed by atoms with van der Waals surface area (Å²) in [7, 11) is 0. The van der Waals surface area contributed by atoms with E-state index in [0.717, 1.165) is 24.0 Å². The molecule has 1 fully saturated rings. The lowest BCUT2D eigenvalue weighted by Gasteiger charge is -2.33. The molecule has 5 N–H and O–H groups in total. The molecule has 1 aliphatic heterocycles. The topological polar surface area (TPSA) is 137 Å². The normalized spacial score (nSPS) is 15.1. The van der Waals surface area contributed by atoms with Crippen LogP contribution in [0.3, 0.4) is 0 Å². The van der Waals surface area contributed by atoms with Crippen molar-refractivity contribution in [3.63, 3.8) is 0 Å². The van der Waals surface area contributed by atoms with Gasteiger partial charge in [-0.05, 0) is 43.0 Å². The van der Waals surface area contributed by atoms with Crippen LogP contribution in [-0.2, 0) is 11.3 Å². The van der Waals surface area contributed by atoms with Gasteiger partial charge in [-0.15, -0.1) is 0 Å². The second-order valence-corrected chi connectivity index (χ2v) is 9.02. The van der Waals surface area contributed by atoms with Gasteiger partial charge in [-0.3, -0.25) is 15.0 Å². The zero-order valence-corrected chi connectivity index (χ0v) is 20.8. The molecule has 0 radical (unpaired) electrons. The van der Waals surface area contributed by atoms with Gasteiger partial charge in [0.15, 0.2) is 0 Å². The summed E-state index contributed by atoms with van der Waals surface area (Å²) in [5, 5.41) is 15.1. The van der Waals surface area contributed by atoms with Crippen LogP contribution >= 0.6 is 0 Å². The van der Waals surface area contributed by atoms with Gasteiger partial charge in [0.05, 0.1) is 11.3 Å². The van der Waals surface area contributed by atoms with Crippen LogP contribution in [0.15, 0.2) is 67.5 Å². The molecule has 4 rings (SSSR count). The summed E-state index contributed by atoms with van der Waals surface area (Å²) in [5.74, 6) is 0.435. The number of hydrogen-bond acceptors (Lipinski definition) is 7. The van der Waals surface area contributed by atoms with E-state index in [1.807, 2.05) is 49.4 Å². The second-order valence-electron chi connectivity index (χ2n) is 9.02. The van der Waals surface area contributed by atoms with E-state index in [9.17, 15) is 9.59 Å². The molecule has 0 bridgehead atoms. The first kappa shape index (κ1) is 25.6. The van der Waals surface area contributed by atoms with E-state index in [4.69, 9.17) is 11.1 Å². The minimum Gasteiger partial charge on any atom is -0.383 e. The van der Waals surface area contributed by atoms with Gasteiger partial charge in [-0.1, -0.05) is 49.0 Å². The van der Waals surface area contributed by atoms with E-state index in [-0.39, 0.29) is 29.4 Å². The largest absolute Gasteiger partial charge is 0.383 e. The lowest BCUT2D eigenvalue weighted by Crippen LogP contribution is -2.44. The van der Waals surface area contributed by atoms with Gasteiger partial charge in [0.1, 0.15) is 18.0 Å². The number of piperidine rings is 1. The third-order valence-electron chi connectivity index (χ3n) is 6.46. The Balaban J connectivity index is 1.45. The predicted octanol–water partition coefficient (Wildman–Crippen LogP) is 3.30. The van der Waals surface area contributed by atoms with E-state index >= 15 is 0 Å². The van der Waals surface area contributed by atoms with Crippen molar-refractivity contribution in [2.45, 2.75) is 32.4 Å². The van der Waals surface area contributed by atoms with Crippen molar-refractivity contribution in [2.75, 3.05) is 24.1 Å². The zero-order chi connectivity index (χ0) is 26.4. The number of likely N-dealkylation sites (tertiary alicyclic amines) is 1. The number of aryl methyl sites for hydroxylation is 1. The Hall–Kier alpha value is -4.53. The van der Waals surface area contributed by atoms with Gasteiger partial charge < -0.3 is 21.3 Å². The molecular formula is C28H31N7O2. The van der Waals surface area contributed by atoms with Gasteiger partial charge in [0, 0.05) is 36.8 Å². The van der Waals surface area contributed by atoms with Crippen molar-refractivity contribution in [1.29, 1.82) is 5.41 Å². The summed E-state index contributed by atoms with van der Waals surface area (Å²) in [6.07, 6.45) is 4.40. The zero-order valence-electron chi connectivity index (χ0n) is 20.8. The third kappa shape index (κ3) is 6.00. The monoisotopic (exact) mass is 497 g/mol. The summed E-state index contributed by atoms with van der Waals surface area (Å²) in [6, 6.07) is 14.8. The van der Waals surface area contributed by atoms with E-state index in [1.165, 1.54) is 12.4 Å². The Labute approximate surface area is 216 Å². The van der Waals surface area contributed by atoms with Crippen LogP contribution in [0.2, 0.25) is 0 Å². The number of nitrogens with two attached hydrogens (primary N) is 1. The molecule has 1 atom stereocenters. The number of rotatable bonds is 8. The standard InChI is InChI=1S/C28H31N7O2/c1-3-23(36)35-14-6-8-21(16-35)34-27-24(26(30)32-17-33-27)25(29)20-12-10-19(11-13-20)15-31-28(37)22-9-5-4-7-18(22)2/h3-5,7,9-13,17,21,29H,1,6,8,14-16H2,2H3,(H,31,37)(H3,30,32,33,34)/t21-/m1/s1. The Morgan fingerprint density at radius 1 is 1.19 bits per heavy atom. The van der Waals surface area contributed by atoms with Crippen LogP contribution in [0, 0.1) is 12.3 Å². The molecule has 3 aromatic rings. The van der Waals surface area contributed by atoms with E-state index in [2.05, 4.69) is 27.2 Å². The Kier molecular flexibility index (Phi) is 7.92. The first-order valence-corrected chi connectivity index (χ1v) is 12.2. The van der Waals surface area contributed by atoms with Gasteiger partial charge in [-0.2, -0.15) is 0 Å². The molecule has 1 saturated heterocycles. The average molecular weight is 498 g/mol. The summed E-state index contributed by atoms with van der Waals surface area (Å²) in [5.41, 5.74) is 9.90. The van der Waals surface area contributed by atoms with Crippen molar-refractivity contribution in [1.82, 2.24) is 20.2 Å². The van der Waals surface area contributed by atoms with E-state index < -0.39 is 0 Å². The molecule has 190 valence electrons. The van der Waals surface area contributed by atoms with Crippen LogP contribution in [0.5, 0.6) is 0 Å². The SMILES string of the molecule is C=CC(=O)N1CCC[C@@H](Nc2ncnc(N)c2C(=N)c2ccc(CNC(=O)c3ccccc3C)cc2)C1. The number of benzene rings is 2. The second kappa shape index (κ2) is 11.5. The van der Waals surface area contributed by atoms with Crippen LogP contribution in [0.25, 0.3) is 0 Å². The highest BCUT2D eigenvalue weighted by atomic mass is 16.2. The molecular weight excluding hydrogens is 466 g/mol. The first-order chi connectivity index (χ1) is 17.9. The van der Waals surface area contributed by atoms with Crippen molar-refractivity contribution in [2.24, 2.45) is 0 Å². The highest BCUT2D eigenvalue weighted by Gasteiger charge is 2.25. The smallest absolute Gasteiger partial charge is 0.251 e. The number of anilines is 2. The number of hydrogen-bond donors (Lipinski definition) is 4. The minimum absolute atomic E-state index is 0.0299. The fourth-order valence-corrected chi connectivity index (χ4v) is 4.41. The molecule has 0 spiro atoms. The van der Waals surface area contributed by atoms with Crippen LogP contribution < -0.4 is 16.4 Å². The van der Waals surface area contributed by atoms with Gasteiger partial charge in [-0.25, -0.2) is 9.97 Å². The fourth-order valence-electron chi connectivity index (χ4n) is 4.41. The van der Waals surface area contributed by atoms with Crippen molar-refractivity contribution in [3.05, 3.63) is 95.3 Å². The van der Waals surface area contributed by atoms with Crippen molar-refractivity contribution in [3.8, 4) is 0 Å². The lowest BCUT2D eigenvalue weighted by atomic mass is 10.0. The number of aromatic nitrogens is 2. The number of amides is 2. The Morgan fingerprint density at radius 2 is 1.95 bits per heavy atom. The molecule has 2 amide bonds. The van der Waals surface area contributed by atoms with Gasteiger partial charge in [0.25, 0.3) is 5.91 Å². The third-order valence-corrected chi connectivity index (χ3v) is 6.46. The highest BCUT2D eigenvalue weighted by molar-refractivity contribution is 6.16. The quantitative estimate of drug-likeness (QED) is 0.278. The lowest BCUT2D eigenvalue weighted by molar-refractivity contribution is -0.127. The summed E-state index contributed by atoms with van der Waals surface area (Å²) < 4.78 is 0. The molecule has 37 heavy (non-hydrogen) atoms. The molecule has 2 aromatic carbocycles. The molecule has 9 nitrogen and oxygen atoms in total. The number of nitrogens with one attached hydrogen (secondary N) is 3. The molecule has 0 unspecified atom stereocenters. The molecule has 0 aliphatic carbocycles. The van der Waals surface area contributed by atoms with E-state index in [1.54, 1.807) is 11.0 Å². The van der Waals surface area contributed by atoms with Gasteiger partial charge in [0.2, 0.25) is 5.91 Å². The molecule has 0 saturated carbocycles. The number of carbonyl (C=O) groups excluding carboxylic acids is 2. The van der Waals surface area contributed by atoms with Gasteiger partial charge >= 0.3 is 0 Å². The number of carbonyl (C=O) groups is 2. The fraction of sp³-hybridized carbons (Fsp3) is 0.250. The van der Waals surface area contributed by atoms with Crippen molar-refractivity contribution >= 4 is 29.2 Å². The number of nitrogen functional groups attached to an aromatic ring is 1. The first-order valence-electron chi connectivity index (χ1n) is 12.2. The maximum absolute atomic E-state index is 12.5. The Bertz CT molecular complexity index is 1320. The van der Waals surface area contributed by atoms with E-state index in [0.29, 0.717) is 42.1 Å². The van der Waals surface area contributed by atoms with Crippen molar-refractivity contribution < 1.29 is 9.59 Å². The molecule has 1 aliphatic rings. The summed E-state index contributed by atoms with van der Waals surface area (Å²) in [4.78, 5) is 34.8. The van der Waals surface area contributed by atoms with Crippen LogP contribution in [-0.4, -0.2) is 51.5 Å². The number of nitrogens with zero attached hydrogens (tertiary/aromatic N) is 3. The summed E-state index contributed by atoms with van der Waals surface area (Å²) >= 11 is 0. The van der Waals surface area contributed by atoms with Crippen LogP contribution in [0.1, 0.15) is 45.5 Å². The summed E-state index contributed by atoms with van der Waals surface area (Å²) in [6.45, 7) is 7.05. The Morgan fingerprint density at radius 3 is 2.68 bits per heavy atom. The minimum atomic E-state index is -0.129. The highest BCUT2D eigenvalue weighted by Crippen LogP contribution is 2.24. The van der Waals surface area contributed by atoms with Crippen LogP contribution in [0.4, 0.5) is 11.6 Å². The maximum atomic E-state index is 12.5. The molecule has 1 aromatic heterocycles. The maximum Gasteiger partial charge on any atom is 0.251 e. The average Bonchev–Trinajstić information content (AvgIpc) is 2.92. The predicted molar refractivity (Wildman–Crippen MR) is 145 cm³/mol. The molecule has 2 heterocycles.